The first kappa shape index (κ1) is 12.8. The highest BCUT2D eigenvalue weighted by Gasteiger charge is 2.06. The van der Waals surface area contributed by atoms with Gasteiger partial charge in [-0.05, 0) is 25.5 Å². The molecule has 0 aliphatic heterocycles. The van der Waals surface area contributed by atoms with Crippen LogP contribution in [0.3, 0.4) is 0 Å². The highest BCUT2D eigenvalue weighted by atomic mass is 16.5. The molecule has 1 heterocycles. The molecule has 0 amide bonds. The highest BCUT2D eigenvalue weighted by molar-refractivity contribution is 5.52. The van der Waals surface area contributed by atoms with Crippen LogP contribution in [-0.4, -0.2) is 18.1 Å². The molecular weight excluding hydrogens is 200 g/mol. The number of hydrogen-bond acceptors (Lipinski definition) is 3. The van der Waals surface area contributed by atoms with Crippen LogP contribution in [-0.2, 0) is 0 Å². The fourth-order valence-corrected chi connectivity index (χ4v) is 1.70. The largest absolute Gasteiger partial charge is 0.480 e. The Hall–Kier alpha value is -1.25. The van der Waals surface area contributed by atoms with E-state index in [2.05, 4.69) is 24.1 Å². The van der Waals surface area contributed by atoms with Crippen molar-refractivity contribution in [1.29, 1.82) is 0 Å². The van der Waals surface area contributed by atoms with Gasteiger partial charge in [0.15, 0.2) is 0 Å². The highest BCUT2D eigenvalue weighted by Crippen LogP contribution is 2.21. The van der Waals surface area contributed by atoms with Gasteiger partial charge in [-0.15, -0.1) is 0 Å². The van der Waals surface area contributed by atoms with E-state index < -0.39 is 0 Å². The van der Waals surface area contributed by atoms with Gasteiger partial charge in [0.05, 0.1) is 12.8 Å². The molecule has 16 heavy (non-hydrogen) atoms. The van der Waals surface area contributed by atoms with E-state index >= 15 is 0 Å². The fourth-order valence-electron chi connectivity index (χ4n) is 1.70. The molecule has 1 aromatic heterocycles. The van der Waals surface area contributed by atoms with Crippen molar-refractivity contribution in [2.75, 3.05) is 12.4 Å². The average molecular weight is 222 g/mol. The molecule has 1 unspecified atom stereocenters. The first-order valence-electron chi connectivity index (χ1n) is 6.03. The summed E-state index contributed by atoms with van der Waals surface area (Å²) in [6.45, 7) is 4.42. The van der Waals surface area contributed by atoms with Gasteiger partial charge >= 0.3 is 0 Å². The fraction of sp³-hybridized carbons (Fsp3) is 0.615. The molecule has 0 saturated carbocycles. The molecule has 0 radical (unpaired) electrons. The van der Waals surface area contributed by atoms with Crippen LogP contribution < -0.4 is 10.1 Å². The Kier molecular flexibility index (Phi) is 5.68. The minimum absolute atomic E-state index is 0.463. The predicted molar refractivity (Wildman–Crippen MR) is 68.0 cm³/mol. The summed E-state index contributed by atoms with van der Waals surface area (Å²) in [5, 5.41) is 3.43. The molecule has 90 valence electrons. The lowest BCUT2D eigenvalue weighted by Crippen LogP contribution is -2.15. The van der Waals surface area contributed by atoms with Gasteiger partial charge in [-0.25, -0.2) is 4.98 Å². The van der Waals surface area contributed by atoms with Crippen LogP contribution in [0.1, 0.15) is 39.5 Å². The number of nitrogens with one attached hydrogen (secondary N) is 1. The van der Waals surface area contributed by atoms with Gasteiger partial charge in [-0.3, -0.25) is 0 Å². The number of methoxy groups -OCH3 is 1. The van der Waals surface area contributed by atoms with Crippen LogP contribution in [0, 0.1) is 0 Å². The van der Waals surface area contributed by atoms with Gasteiger partial charge in [0.25, 0.3) is 0 Å². The molecule has 0 spiro atoms. The van der Waals surface area contributed by atoms with Crippen molar-refractivity contribution in [2.24, 2.45) is 0 Å². The first-order valence-corrected chi connectivity index (χ1v) is 6.03. The maximum Gasteiger partial charge on any atom is 0.237 e. The minimum atomic E-state index is 0.463. The summed E-state index contributed by atoms with van der Waals surface area (Å²) < 4.78 is 5.20. The molecule has 0 aromatic carbocycles. The predicted octanol–water partition coefficient (Wildman–Crippen LogP) is 3.47. The summed E-state index contributed by atoms with van der Waals surface area (Å²) in [5.41, 5.74) is 0.981. The molecule has 3 heteroatoms. The number of ether oxygens (including phenoxy) is 1. The number of pyridine rings is 1. The summed E-state index contributed by atoms with van der Waals surface area (Å²) in [4.78, 5) is 4.16. The van der Waals surface area contributed by atoms with E-state index in [4.69, 9.17) is 4.74 Å². The van der Waals surface area contributed by atoms with E-state index in [1.54, 1.807) is 13.3 Å². The van der Waals surface area contributed by atoms with Gasteiger partial charge in [-0.1, -0.05) is 26.2 Å². The van der Waals surface area contributed by atoms with Gasteiger partial charge < -0.3 is 10.1 Å². The molecule has 0 saturated heterocycles. The van der Waals surface area contributed by atoms with Gasteiger partial charge in [0.1, 0.15) is 0 Å². The molecule has 3 nitrogen and oxygen atoms in total. The van der Waals surface area contributed by atoms with Gasteiger partial charge in [0, 0.05) is 12.2 Å². The standard InChI is InChI=1S/C13H22N2O/c1-4-5-6-8-11(2)15-12-9-7-10-14-13(12)16-3/h7,9-11,15H,4-6,8H2,1-3H3. The molecule has 1 aromatic rings. The van der Waals surface area contributed by atoms with E-state index in [0.717, 1.165) is 5.69 Å². The Labute approximate surface area is 98.2 Å². The van der Waals surface area contributed by atoms with E-state index in [0.29, 0.717) is 11.9 Å². The van der Waals surface area contributed by atoms with Crippen molar-refractivity contribution in [3.63, 3.8) is 0 Å². The van der Waals surface area contributed by atoms with E-state index in [1.807, 2.05) is 12.1 Å². The number of anilines is 1. The monoisotopic (exact) mass is 222 g/mol. The van der Waals surface area contributed by atoms with Crippen molar-refractivity contribution in [2.45, 2.75) is 45.6 Å². The summed E-state index contributed by atoms with van der Waals surface area (Å²) in [6.07, 6.45) is 6.77. The van der Waals surface area contributed by atoms with Crippen molar-refractivity contribution in [3.8, 4) is 5.88 Å². The molecule has 0 aliphatic rings. The topological polar surface area (TPSA) is 34.2 Å². The quantitative estimate of drug-likeness (QED) is 0.717. The van der Waals surface area contributed by atoms with Crippen LogP contribution in [0.5, 0.6) is 5.88 Å². The van der Waals surface area contributed by atoms with Crippen molar-refractivity contribution in [3.05, 3.63) is 18.3 Å². The van der Waals surface area contributed by atoms with E-state index in [-0.39, 0.29) is 0 Å². The second-order valence-electron chi connectivity index (χ2n) is 4.10. The molecular formula is C13H22N2O. The van der Waals surface area contributed by atoms with Crippen molar-refractivity contribution in [1.82, 2.24) is 4.98 Å². The molecule has 0 fully saturated rings. The lowest BCUT2D eigenvalue weighted by atomic mass is 10.1. The van der Waals surface area contributed by atoms with Crippen LogP contribution >= 0.6 is 0 Å². The van der Waals surface area contributed by atoms with Crippen LogP contribution in [0.25, 0.3) is 0 Å². The number of hydrogen-bond donors (Lipinski definition) is 1. The van der Waals surface area contributed by atoms with Crippen LogP contribution in [0.15, 0.2) is 18.3 Å². The van der Waals surface area contributed by atoms with E-state index in [9.17, 15) is 0 Å². The summed E-state index contributed by atoms with van der Waals surface area (Å²) in [5.74, 6) is 0.671. The lowest BCUT2D eigenvalue weighted by Gasteiger charge is -2.16. The van der Waals surface area contributed by atoms with Crippen LogP contribution in [0.4, 0.5) is 5.69 Å². The maximum atomic E-state index is 5.20. The number of rotatable bonds is 7. The third-order valence-electron chi connectivity index (χ3n) is 2.61. The zero-order valence-corrected chi connectivity index (χ0v) is 10.5. The maximum absolute atomic E-state index is 5.20. The summed E-state index contributed by atoms with van der Waals surface area (Å²) in [7, 11) is 1.65. The zero-order chi connectivity index (χ0) is 11.8. The molecule has 1 N–H and O–H groups in total. The Balaban J connectivity index is 2.45. The second-order valence-corrected chi connectivity index (χ2v) is 4.10. The number of aromatic nitrogens is 1. The molecule has 1 rings (SSSR count). The summed E-state index contributed by atoms with van der Waals surface area (Å²) >= 11 is 0. The second kappa shape index (κ2) is 7.09. The number of unbranched alkanes of at least 4 members (excludes halogenated alkanes) is 2. The molecule has 0 bridgehead atoms. The normalized spacial score (nSPS) is 12.2. The van der Waals surface area contributed by atoms with Gasteiger partial charge in [-0.2, -0.15) is 0 Å². The average Bonchev–Trinajstić information content (AvgIpc) is 2.30. The van der Waals surface area contributed by atoms with Gasteiger partial charge in [0.2, 0.25) is 5.88 Å². The SMILES string of the molecule is CCCCCC(C)Nc1cccnc1OC. The van der Waals surface area contributed by atoms with Crippen LogP contribution in [0.2, 0.25) is 0 Å². The Morgan fingerprint density at radius 3 is 2.94 bits per heavy atom. The van der Waals surface area contributed by atoms with E-state index in [1.165, 1.54) is 25.7 Å². The Morgan fingerprint density at radius 1 is 1.44 bits per heavy atom. The van der Waals surface area contributed by atoms with Crippen molar-refractivity contribution < 1.29 is 4.74 Å². The van der Waals surface area contributed by atoms with Crippen molar-refractivity contribution >= 4 is 5.69 Å². The smallest absolute Gasteiger partial charge is 0.237 e. The Morgan fingerprint density at radius 2 is 2.25 bits per heavy atom. The zero-order valence-electron chi connectivity index (χ0n) is 10.5. The molecule has 0 aliphatic carbocycles. The first-order chi connectivity index (χ1) is 7.77. The third kappa shape index (κ3) is 4.09. The Bertz CT molecular complexity index is 302. The number of nitrogens with zero attached hydrogens (tertiary/aromatic N) is 1. The summed E-state index contributed by atoms with van der Waals surface area (Å²) in [6, 6.07) is 4.39. The third-order valence-corrected chi connectivity index (χ3v) is 2.61. The minimum Gasteiger partial charge on any atom is -0.480 e. The molecule has 1 atom stereocenters. The lowest BCUT2D eigenvalue weighted by molar-refractivity contribution is 0.399.